The molecule has 6 heteroatoms. The molecule has 0 radical (unpaired) electrons. The summed E-state index contributed by atoms with van der Waals surface area (Å²) in [5.74, 6) is 2.22. The zero-order chi connectivity index (χ0) is 14.7. The molecule has 2 aromatic rings. The summed E-state index contributed by atoms with van der Waals surface area (Å²) < 4.78 is 5.28. The maximum absolute atomic E-state index is 5.57. The average molecular weight is 285 g/mol. The topological polar surface area (TPSA) is 67.5 Å². The number of benzene rings is 1. The Bertz CT molecular complexity index is 593. The zero-order valence-electron chi connectivity index (χ0n) is 12.1. The van der Waals surface area contributed by atoms with Gasteiger partial charge in [-0.2, -0.15) is 0 Å². The van der Waals surface area contributed by atoms with E-state index in [-0.39, 0.29) is 0 Å². The van der Waals surface area contributed by atoms with E-state index in [0.717, 1.165) is 37.7 Å². The first-order valence-electron chi connectivity index (χ1n) is 6.99. The van der Waals surface area contributed by atoms with Crippen LogP contribution in [-0.4, -0.2) is 43.5 Å². The summed E-state index contributed by atoms with van der Waals surface area (Å²) in [6.07, 6.45) is 0. The molecule has 2 heterocycles. The van der Waals surface area contributed by atoms with Crippen LogP contribution in [0, 0.1) is 0 Å². The summed E-state index contributed by atoms with van der Waals surface area (Å²) in [6.45, 7) is 3.71. The minimum Gasteiger partial charge on any atom is -0.497 e. The van der Waals surface area contributed by atoms with Gasteiger partial charge in [0.1, 0.15) is 11.6 Å². The Morgan fingerprint density at radius 2 is 1.76 bits per heavy atom. The third kappa shape index (κ3) is 2.99. The first kappa shape index (κ1) is 13.5. The number of ether oxygens (including phenoxy) is 1. The molecule has 1 aromatic heterocycles. The van der Waals surface area contributed by atoms with Gasteiger partial charge in [0.05, 0.1) is 7.11 Å². The van der Waals surface area contributed by atoms with Crippen LogP contribution in [0.2, 0.25) is 0 Å². The van der Waals surface area contributed by atoms with Crippen molar-refractivity contribution in [1.82, 2.24) is 10.2 Å². The number of methoxy groups -OCH3 is 1. The van der Waals surface area contributed by atoms with E-state index in [1.165, 1.54) is 5.69 Å². The van der Waals surface area contributed by atoms with Gasteiger partial charge in [-0.1, -0.05) is 6.07 Å². The molecule has 2 N–H and O–H groups in total. The molecule has 1 saturated heterocycles. The smallest absolute Gasteiger partial charge is 0.151 e. The average Bonchev–Trinajstić information content (AvgIpc) is 2.56. The fourth-order valence-electron chi connectivity index (χ4n) is 2.51. The normalized spacial score (nSPS) is 15.1. The van der Waals surface area contributed by atoms with Crippen LogP contribution in [0.1, 0.15) is 0 Å². The number of hydrogen-bond acceptors (Lipinski definition) is 6. The molecule has 1 aromatic carbocycles. The lowest BCUT2D eigenvalue weighted by atomic mass is 10.2. The van der Waals surface area contributed by atoms with Crippen molar-refractivity contribution in [2.75, 3.05) is 48.8 Å². The summed E-state index contributed by atoms with van der Waals surface area (Å²) in [7, 11) is 1.69. The van der Waals surface area contributed by atoms with Gasteiger partial charge in [0.25, 0.3) is 0 Å². The highest BCUT2D eigenvalue weighted by Crippen LogP contribution is 2.23. The van der Waals surface area contributed by atoms with Crippen molar-refractivity contribution in [1.29, 1.82) is 0 Å². The molecule has 0 aliphatic carbocycles. The molecule has 0 bridgehead atoms. The monoisotopic (exact) mass is 285 g/mol. The van der Waals surface area contributed by atoms with Crippen LogP contribution >= 0.6 is 0 Å². The van der Waals surface area contributed by atoms with E-state index in [1.807, 2.05) is 18.2 Å². The number of nitrogen functional groups attached to an aromatic ring is 1. The molecule has 21 heavy (non-hydrogen) atoms. The largest absolute Gasteiger partial charge is 0.497 e. The maximum Gasteiger partial charge on any atom is 0.151 e. The molecule has 1 aliphatic heterocycles. The number of nitrogens with two attached hydrogens (primary N) is 1. The van der Waals surface area contributed by atoms with Gasteiger partial charge in [-0.25, -0.2) is 0 Å². The van der Waals surface area contributed by atoms with Crippen LogP contribution in [0.3, 0.4) is 0 Å². The van der Waals surface area contributed by atoms with Crippen molar-refractivity contribution in [3.63, 3.8) is 0 Å². The number of nitrogens with zero attached hydrogens (tertiary/aromatic N) is 4. The van der Waals surface area contributed by atoms with E-state index >= 15 is 0 Å². The Labute approximate surface area is 124 Å². The van der Waals surface area contributed by atoms with Crippen LogP contribution < -0.4 is 20.3 Å². The van der Waals surface area contributed by atoms with Crippen molar-refractivity contribution in [2.45, 2.75) is 0 Å². The Morgan fingerprint density at radius 1 is 1.00 bits per heavy atom. The minimum absolute atomic E-state index is 0.453. The van der Waals surface area contributed by atoms with Crippen molar-refractivity contribution in [3.8, 4) is 5.75 Å². The van der Waals surface area contributed by atoms with Crippen LogP contribution in [0.15, 0.2) is 36.4 Å². The van der Waals surface area contributed by atoms with E-state index < -0.39 is 0 Å². The lowest BCUT2D eigenvalue weighted by Crippen LogP contribution is -2.46. The molecule has 0 saturated carbocycles. The SMILES string of the molecule is COc1cccc(N2CCN(c3ccc(N)nn3)CC2)c1. The Kier molecular flexibility index (Phi) is 3.77. The third-order valence-corrected chi connectivity index (χ3v) is 3.69. The highest BCUT2D eigenvalue weighted by Gasteiger charge is 2.18. The van der Waals surface area contributed by atoms with Crippen LogP contribution in [0.4, 0.5) is 17.3 Å². The lowest BCUT2D eigenvalue weighted by Gasteiger charge is -2.36. The summed E-state index contributed by atoms with van der Waals surface area (Å²) >= 11 is 0. The van der Waals surface area contributed by atoms with Gasteiger partial charge < -0.3 is 20.3 Å². The van der Waals surface area contributed by atoms with Crippen molar-refractivity contribution in [2.24, 2.45) is 0 Å². The Balaban J connectivity index is 1.65. The highest BCUT2D eigenvalue weighted by molar-refractivity contribution is 5.52. The second-order valence-corrected chi connectivity index (χ2v) is 4.99. The van der Waals surface area contributed by atoms with Gasteiger partial charge in [0.2, 0.25) is 0 Å². The van der Waals surface area contributed by atoms with E-state index in [9.17, 15) is 0 Å². The van der Waals surface area contributed by atoms with Gasteiger partial charge in [-0.05, 0) is 24.3 Å². The van der Waals surface area contributed by atoms with E-state index in [1.54, 1.807) is 13.2 Å². The predicted octanol–water partition coefficient (Wildman–Crippen LogP) is 1.39. The molecule has 0 amide bonds. The van der Waals surface area contributed by atoms with Gasteiger partial charge in [-0.15, -0.1) is 10.2 Å². The van der Waals surface area contributed by atoms with Crippen molar-refractivity contribution in [3.05, 3.63) is 36.4 Å². The van der Waals surface area contributed by atoms with Crippen molar-refractivity contribution < 1.29 is 4.74 Å². The van der Waals surface area contributed by atoms with Gasteiger partial charge in [0, 0.05) is 37.9 Å². The summed E-state index contributed by atoms with van der Waals surface area (Å²) in [5.41, 5.74) is 6.76. The quantitative estimate of drug-likeness (QED) is 0.919. The molecule has 0 atom stereocenters. The van der Waals surface area contributed by atoms with Crippen LogP contribution in [0.25, 0.3) is 0 Å². The molecule has 1 fully saturated rings. The van der Waals surface area contributed by atoms with E-state index in [4.69, 9.17) is 10.5 Å². The van der Waals surface area contributed by atoms with Crippen LogP contribution in [0.5, 0.6) is 5.75 Å². The second-order valence-electron chi connectivity index (χ2n) is 4.99. The molecule has 110 valence electrons. The molecule has 1 aliphatic rings. The maximum atomic E-state index is 5.57. The first-order chi connectivity index (χ1) is 10.3. The molecular formula is C15H19N5O. The second kappa shape index (κ2) is 5.87. The summed E-state index contributed by atoms with van der Waals surface area (Å²) in [4.78, 5) is 4.58. The number of aromatic nitrogens is 2. The Morgan fingerprint density at radius 3 is 2.43 bits per heavy atom. The van der Waals surface area contributed by atoms with Crippen molar-refractivity contribution >= 4 is 17.3 Å². The first-order valence-corrected chi connectivity index (χ1v) is 6.99. The van der Waals surface area contributed by atoms with Gasteiger partial charge in [0.15, 0.2) is 5.82 Å². The molecular weight excluding hydrogens is 266 g/mol. The number of hydrogen-bond donors (Lipinski definition) is 1. The minimum atomic E-state index is 0.453. The summed E-state index contributed by atoms with van der Waals surface area (Å²) in [5, 5.41) is 8.05. The fraction of sp³-hybridized carbons (Fsp3) is 0.333. The van der Waals surface area contributed by atoms with E-state index in [0.29, 0.717) is 5.82 Å². The molecule has 6 nitrogen and oxygen atoms in total. The summed E-state index contributed by atoms with van der Waals surface area (Å²) in [6, 6.07) is 11.9. The predicted molar refractivity (Wildman–Crippen MR) is 83.9 cm³/mol. The number of piperazine rings is 1. The van der Waals surface area contributed by atoms with Gasteiger partial charge in [-0.3, -0.25) is 0 Å². The molecule has 3 rings (SSSR count). The molecule has 0 unspecified atom stereocenters. The van der Waals surface area contributed by atoms with Crippen LogP contribution in [-0.2, 0) is 0 Å². The fourth-order valence-corrected chi connectivity index (χ4v) is 2.51. The highest BCUT2D eigenvalue weighted by atomic mass is 16.5. The van der Waals surface area contributed by atoms with Gasteiger partial charge >= 0.3 is 0 Å². The zero-order valence-corrected chi connectivity index (χ0v) is 12.1. The third-order valence-electron chi connectivity index (χ3n) is 3.69. The Hall–Kier alpha value is -2.50. The number of rotatable bonds is 3. The standard InChI is InChI=1S/C15H19N5O/c1-21-13-4-2-3-12(11-13)19-7-9-20(10-8-19)15-6-5-14(16)17-18-15/h2-6,11H,7-10H2,1H3,(H2,16,17). The number of anilines is 3. The lowest BCUT2D eigenvalue weighted by molar-refractivity contribution is 0.414. The van der Waals surface area contributed by atoms with E-state index in [2.05, 4.69) is 32.1 Å². The molecule has 0 spiro atoms.